The zero-order valence-corrected chi connectivity index (χ0v) is 19.5. The summed E-state index contributed by atoms with van der Waals surface area (Å²) >= 11 is 1.72. The predicted molar refractivity (Wildman–Crippen MR) is 126 cm³/mol. The Labute approximate surface area is 185 Å². The zero-order chi connectivity index (χ0) is 21.5. The van der Waals surface area contributed by atoms with Crippen LogP contribution in [0.1, 0.15) is 81.0 Å². The van der Waals surface area contributed by atoms with Gasteiger partial charge in [0.15, 0.2) is 0 Å². The molecule has 166 valence electrons. The lowest BCUT2D eigenvalue weighted by Crippen LogP contribution is -2.37. The maximum Gasteiger partial charge on any atom is 0.251 e. The van der Waals surface area contributed by atoms with Crippen LogP contribution >= 0.6 is 11.8 Å². The van der Waals surface area contributed by atoms with Gasteiger partial charge in [0.05, 0.1) is 23.7 Å². The molecule has 1 aliphatic rings. The van der Waals surface area contributed by atoms with Gasteiger partial charge in [0.25, 0.3) is 5.91 Å². The number of aliphatic hydroxyl groups is 1. The summed E-state index contributed by atoms with van der Waals surface area (Å²) in [6.45, 7) is 4.44. The summed E-state index contributed by atoms with van der Waals surface area (Å²) in [5, 5.41) is 12.5. The summed E-state index contributed by atoms with van der Waals surface area (Å²) in [7, 11) is 0. The molecular formula is C24H37N3O2S. The van der Waals surface area contributed by atoms with E-state index < -0.39 is 0 Å². The number of aromatic nitrogens is 2. The predicted octanol–water partition coefficient (Wildman–Crippen LogP) is 4.97. The average molecular weight is 432 g/mol. The van der Waals surface area contributed by atoms with Crippen LogP contribution in [-0.4, -0.2) is 45.2 Å². The van der Waals surface area contributed by atoms with Crippen LogP contribution in [-0.2, 0) is 6.42 Å². The molecule has 0 saturated heterocycles. The Morgan fingerprint density at radius 3 is 2.67 bits per heavy atom. The molecular weight excluding hydrogens is 394 g/mol. The number of benzene rings is 1. The van der Waals surface area contributed by atoms with Gasteiger partial charge in [-0.05, 0) is 55.4 Å². The standard InChI is InChI=1S/C24H37N3O2S/c1-4-20(5-2)27-22-11-10-18(24(29)25-19(16-28)12-13-30-3)15-21(22)26-23(27)14-17-8-6-7-9-17/h10-11,15,17,19-20,28H,4-9,12-14,16H2,1-3H3,(H,25,29)/t19-/m0/s1. The van der Waals surface area contributed by atoms with E-state index in [0.717, 1.165) is 48.4 Å². The van der Waals surface area contributed by atoms with E-state index in [4.69, 9.17) is 4.98 Å². The van der Waals surface area contributed by atoms with Crippen molar-refractivity contribution in [2.45, 2.75) is 77.3 Å². The minimum atomic E-state index is -0.208. The van der Waals surface area contributed by atoms with Crippen molar-refractivity contribution >= 4 is 28.7 Å². The minimum Gasteiger partial charge on any atom is -0.394 e. The zero-order valence-electron chi connectivity index (χ0n) is 18.7. The third-order valence-corrected chi connectivity index (χ3v) is 7.15. The van der Waals surface area contributed by atoms with Crippen LogP contribution in [0.5, 0.6) is 0 Å². The molecule has 0 radical (unpaired) electrons. The van der Waals surface area contributed by atoms with E-state index in [2.05, 4.69) is 29.8 Å². The molecule has 2 N–H and O–H groups in total. The molecule has 1 fully saturated rings. The number of amides is 1. The highest BCUT2D eigenvalue weighted by Crippen LogP contribution is 2.32. The van der Waals surface area contributed by atoms with Gasteiger partial charge in [-0.1, -0.05) is 39.5 Å². The molecule has 30 heavy (non-hydrogen) atoms. The van der Waals surface area contributed by atoms with Crippen molar-refractivity contribution in [1.82, 2.24) is 14.9 Å². The first-order valence-electron chi connectivity index (χ1n) is 11.5. The van der Waals surface area contributed by atoms with Crippen LogP contribution in [0.3, 0.4) is 0 Å². The molecule has 0 spiro atoms. The van der Waals surface area contributed by atoms with Gasteiger partial charge in [-0.25, -0.2) is 4.98 Å². The topological polar surface area (TPSA) is 67.2 Å². The lowest BCUT2D eigenvalue weighted by Gasteiger charge is -2.20. The molecule has 1 aromatic carbocycles. The highest BCUT2D eigenvalue weighted by atomic mass is 32.2. The number of carbonyl (C=O) groups excluding carboxylic acids is 1. The molecule has 0 unspecified atom stereocenters. The van der Waals surface area contributed by atoms with Gasteiger partial charge in [0.1, 0.15) is 5.82 Å². The van der Waals surface area contributed by atoms with Crippen molar-refractivity contribution in [1.29, 1.82) is 0 Å². The summed E-state index contributed by atoms with van der Waals surface area (Å²) in [4.78, 5) is 17.8. The first kappa shape index (κ1) is 23.1. The van der Waals surface area contributed by atoms with Crippen LogP contribution in [0.25, 0.3) is 11.0 Å². The quantitative estimate of drug-likeness (QED) is 0.527. The second-order valence-electron chi connectivity index (χ2n) is 8.56. The molecule has 1 atom stereocenters. The monoisotopic (exact) mass is 431 g/mol. The van der Waals surface area contributed by atoms with Crippen molar-refractivity contribution in [3.05, 3.63) is 29.6 Å². The van der Waals surface area contributed by atoms with Gasteiger partial charge < -0.3 is 15.0 Å². The Balaban J connectivity index is 1.88. The fraction of sp³-hybridized carbons (Fsp3) is 0.667. The Hall–Kier alpha value is -1.53. The molecule has 0 bridgehead atoms. The molecule has 1 heterocycles. The summed E-state index contributed by atoms with van der Waals surface area (Å²) in [6.07, 6.45) is 11.3. The Morgan fingerprint density at radius 2 is 2.03 bits per heavy atom. The highest BCUT2D eigenvalue weighted by molar-refractivity contribution is 7.98. The summed E-state index contributed by atoms with van der Waals surface area (Å²) in [6, 6.07) is 6.12. The van der Waals surface area contributed by atoms with Crippen molar-refractivity contribution in [3.63, 3.8) is 0 Å². The van der Waals surface area contributed by atoms with E-state index in [9.17, 15) is 9.90 Å². The van der Waals surface area contributed by atoms with Gasteiger partial charge in [-0.3, -0.25) is 4.79 Å². The third kappa shape index (κ3) is 5.38. The van der Waals surface area contributed by atoms with Gasteiger partial charge in [0, 0.05) is 18.0 Å². The lowest BCUT2D eigenvalue weighted by molar-refractivity contribution is 0.0915. The number of imidazole rings is 1. The van der Waals surface area contributed by atoms with Gasteiger partial charge >= 0.3 is 0 Å². The van der Waals surface area contributed by atoms with Crippen LogP contribution in [0.2, 0.25) is 0 Å². The normalized spacial score (nSPS) is 15.9. The number of fused-ring (bicyclic) bond motifs is 1. The number of aliphatic hydroxyl groups excluding tert-OH is 1. The van der Waals surface area contributed by atoms with Crippen molar-refractivity contribution in [2.24, 2.45) is 5.92 Å². The molecule has 1 amide bonds. The molecule has 0 aliphatic heterocycles. The molecule has 1 saturated carbocycles. The van der Waals surface area contributed by atoms with E-state index in [-0.39, 0.29) is 18.6 Å². The van der Waals surface area contributed by atoms with Crippen LogP contribution in [0.15, 0.2) is 18.2 Å². The second-order valence-corrected chi connectivity index (χ2v) is 9.55. The summed E-state index contributed by atoms with van der Waals surface area (Å²) in [5.74, 6) is 2.69. The van der Waals surface area contributed by atoms with E-state index in [1.54, 1.807) is 11.8 Å². The SMILES string of the molecule is CCC(CC)n1c(CC2CCCC2)nc2cc(C(=O)N[C@H](CO)CCSC)ccc21. The summed E-state index contributed by atoms with van der Waals surface area (Å²) < 4.78 is 2.43. The first-order valence-corrected chi connectivity index (χ1v) is 12.9. The van der Waals surface area contributed by atoms with Crippen LogP contribution in [0.4, 0.5) is 0 Å². The fourth-order valence-corrected chi connectivity index (χ4v) is 5.23. The number of nitrogens with one attached hydrogen (secondary N) is 1. The fourth-order valence-electron chi connectivity index (χ4n) is 4.71. The first-order chi connectivity index (χ1) is 14.6. The number of rotatable bonds is 11. The Morgan fingerprint density at radius 1 is 1.30 bits per heavy atom. The van der Waals surface area contributed by atoms with Gasteiger partial charge in [-0.2, -0.15) is 11.8 Å². The molecule has 1 aromatic heterocycles. The maximum absolute atomic E-state index is 12.8. The average Bonchev–Trinajstić information content (AvgIpc) is 3.39. The van der Waals surface area contributed by atoms with Crippen molar-refractivity contribution < 1.29 is 9.90 Å². The smallest absolute Gasteiger partial charge is 0.251 e. The molecule has 1 aliphatic carbocycles. The minimum absolute atomic E-state index is 0.0383. The largest absolute Gasteiger partial charge is 0.394 e. The number of nitrogens with zero attached hydrogens (tertiary/aromatic N) is 2. The van der Waals surface area contributed by atoms with Crippen molar-refractivity contribution in [3.8, 4) is 0 Å². The maximum atomic E-state index is 12.8. The summed E-state index contributed by atoms with van der Waals surface area (Å²) in [5.41, 5.74) is 2.66. The number of thioether (sulfide) groups is 1. The molecule has 6 heteroatoms. The molecule has 2 aromatic rings. The van der Waals surface area contributed by atoms with E-state index in [1.165, 1.54) is 31.5 Å². The van der Waals surface area contributed by atoms with Gasteiger partial charge in [-0.15, -0.1) is 0 Å². The van der Waals surface area contributed by atoms with E-state index in [1.807, 2.05) is 18.4 Å². The van der Waals surface area contributed by atoms with Crippen LogP contribution in [0, 0.1) is 5.92 Å². The Bertz CT molecular complexity index is 825. The number of carbonyl (C=O) groups is 1. The van der Waals surface area contributed by atoms with Crippen LogP contribution < -0.4 is 5.32 Å². The second kappa shape index (κ2) is 11.2. The lowest BCUT2D eigenvalue weighted by atomic mass is 10.0. The van der Waals surface area contributed by atoms with E-state index in [0.29, 0.717) is 11.6 Å². The molecule has 3 rings (SSSR count). The number of hydrogen-bond donors (Lipinski definition) is 2. The van der Waals surface area contributed by atoms with E-state index >= 15 is 0 Å². The highest BCUT2D eigenvalue weighted by Gasteiger charge is 2.23. The number of hydrogen-bond acceptors (Lipinski definition) is 4. The van der Waals surface area contributed by atoms with Gasteiger partial charge in [0.2, 0.25) is 0 Å². The third-order valence-electron chi connectivity index (χ3n) is 6.50. The van der Waals surface area contributed by atoms with Crippen molar-refractivity contribution in [2.75, 3.05) is 18.6 Å². The molecule has 5 nitrogen and oxygen atoms in total. The Kier molecular flexibility index (Phi) is 8.63.